The molecule has 0 bridgehead atoms. The molecule has 1 saturated heterocycles. The molecule has 2 aromatic carbocycles. The van der Waals surface area contributed by atoms with E-state index in [-0.39, 0.29) is 36.9 Å². The lowest BCUT2D eigenvalue weighted by molar-refractivity contribution is -0.182. The minimum Gasteiger partial charge on any atom is -0.349 e. The quantitative estimate of drug-likeness (QED) is 0.245. The molecule has 0 radical (unpaired) electrons. The Morgan fingerprint density at radius 3 is 2.24 bits per heavy atom. The number of hydrogen-bond donors (Lipinski definition) is 2. The number of halogens is 1. The van der Waals surface area contributed by atoms with Crippen molar-refractivity contribution in [2.45, 2.75) is 84.4 Å². The number of amides is 4. The summed E-state index contributed by atoms with van der Waals surface area (Å²) in [6.45, 7) is 6.97. The summed E-state index contributed by atoms with van der Waals surface area (Å²) in [6.07, 6.45) is 6.72. The van der Waals surface area contributed by atoms with E-state index in [0.29, 0.717) is 50.2 Å². The van der Waals surface area contributed by atoms with Crippen molar-refractivity contribution in [3.63, 3.8) is 0 Å². The molecule has 2 aliphatic rings. The second kappa shape index (κ2) is 16.0. The van der Waals surface area contributed by atoms with Gasteiger partial charge in [0.1, 0.15) is 18.5 Å². The first-order chi connectivity index (χ1) is 21.5. The maximum atomic E-state index is 13.9. The SMILES string of the molecule is CC(C)(C)[C@H](NC(=O)[C@H](CC1CCCC1)CN(C=O)OCc1ccccc1)C(=O)N1CCC(NC(=O)c2ccc(F)cc2)CC1. The largest absolute Gasteiger partial charge is 0.349 e. The molecule has 1 aliphatic carbocycles. The van der Waals surface area contributed by atoms with Crippen LogP contribution in [0.15, 0.2) is 54.6 Å². The molecule has 0 aromatic heterocycles. The average Bonchev–Trinajstić information content (AvgIpc) is 3.55. The van der Waals surface area contributed by atoms with E-state index in [0.717, 1.165) is 31.2 Å². The third kappa shape index (κ3) is 10.1. The third-order valence-corrected chi connectivity index (χ3v) is 8.87. The first-order valence-electron chi connectivity index (χ1n) is 16.1. The predicted molar refractivity (Wildman–Crippen MR) is 169 cm³/mol. The van der Waals surface area contributed by atoms with Gasteiger partial charge in [-0.1, -0.05) is 76.8 Å². The van der Waals surface area contributed by atoms with Crippen LogP contribution in [0.3, 0.4) is 0 Å². The predicted octanol–water partition coefficient (Wildman–Crippen LogP) is 4.86. The lowest BCUT2D eigenvalue weighted by atomic mass is 9.84. The van der Waals surface area contributed by atoms with Crippen LogP contribution in [0, 0.1) is 23.1 Å². The van der Waals surface area contributed by atoms with Gasteiger partial charge < -0.3 is 15.5 Å². The Kier molecular flexibility index (Phi) is 12.1. The zero-order valence-corrected chi connectivity index (χ0v) is 26.7. The Balaban J connectivity index is 1.37. The van der Waals surface area contributed by atoms with Crippen molar-refractivity contribution < 1.29 is 28.4 Å². The first-order valence-corrected chi connectivity index (χ1v) is 16.1. The van der Waals surface area contributed by atoms with Crippen LogP contribution >= 0.6 is 0 Å². The maximum absolute atomic E-state index is 13.9. The Morgan fingerprint density at radius 2 is 1.64 bits per heavy atom. The fraction of sp³-hybridized carbons (Fsp3) is 0.543. The van der Waals surface area contributed by atoms with Crippen LogP contribution < -0.4 is 10.6 Å². The number of hydrogen-bond acceptors (Lipinski definition) is 5. The fourth-order valence-electron chi connectivity index (χ4n) is 6.19. The Hall–Kier alpha value is -3.79. The molecular formula is C35H47FN4O5. The van der Waals surface area contributed by atoms with Gasteiger partial charge in [-0.15, -0.1) is 0 Å². The smallest absolute Gasteiger partial charge is 0.251 e. The van der Waals surface area contributed by atoms with Gasteiger partial charge in [0.05, 0.1) is 12.5 Å². The van der Waals surface area contributed by atoms with Crippen LogP contribution in [0.25, 0.3) is 0 Å². The molecule has 1 heterocycles. The number of carbonyl (C=O) groups is 4. The van der Waals surface area contributed by atoms with Crippen molar-refractivity contribution in [3.8, 4) is 0 Å². The molecule has 10 heteroatoms. The van der Waals surface area contributed by atoms with Gasteiger partial charge >= 0.3 is 0 Å². The van der Waals surface area contributed by atoms with E-state index in [1.54, 1.807) is 4.90 Å². The van der Waals surface area contributed by atoms with E-state index in [1.807, 2.05) is 51.1 Å². The van der Waals surface area contributed by atoms with Gasteiger partial charge in [0.15, 0.2) is 0 Å². The van der Waals surface area contributed by atoms with Crippen molar-refractivity contribution in [3.05, 3.63) is 71.5 Å². The summed E-state index contributed by atoms with van der Waals surface area (Å²) >= 11 is 0. The fourth-order valence-corrected chi connectivity index (χ4v) is 6.19. The highest BCUT2D eigenvalue weighted by Gasteiger charge is 2.39. The molecule has 0 spiro atoms. The van der Waals surface area contributed by atoms with E-state index in [9.17, 15) is 23.6 Å². The summed E-state index contributed by atoms with van der Waals surface area (Å²) in [6, 6.07) is 14.0. The monoisotopic (exact) mass is 622 g/mol. The number of carbonyl (C=O) groups excluding carboxylic acids is 4. The van der Waals surface area contributed by atoms with Crippen molar-refractivity contribution in [2.75, 3.05) is 19.6 Å². The van der Waals surface area contributed by atoms with Gasteiger partial charge in [0.25, 0.3) is 5.91 Å². The topological polar surface area (TPSA) is 108 Å². The van der Waals surface area contributed by atoms with Crippen LogP contribution in [0.5, 0.6) is 0 Å². The van der Waals surface area contributed by atoms with Crippen molar-refractivity contribution in [2.24, 2.45) is 17.3 Å². The molecule has 9 nitrogen and oxygen atoms in total. The van der Waals surface area contributed by atoms with Crippen molar-refractivity contribution in [1.29, 1.82) is 0 Å². The molecule has 2 atom stereocenters. The molecule has 0 unspecified atom stereocenters. The molecule has 2 aromatic rings. The van der Waals surface area contributed by atoms with Gasteiger partial charge in [0.2, 0.25) is 18.2 Å². The normalized spacial score (nSPS) is 17.4. The number of nitrogens with zero attached hydrogens (tertiary/aromatic N) is 2. The van der Waals surface area contributed by atoms with Crippen LogP contribution in [-0.4, -0.2) is 65.8 Å². The minimum atomic E-state index is -0.767. The maximum Gasteiger partial charge on any atom is 0.251 e. The van der Waals surface area contributed by atoms with Crippen molar-refractivity contribution in [1.82, 2.24) is 20.6 Å². The second-order valence-electron chi connectivity index (χ2n) is 13.4. The van der Waals surface area contributed by atoms with E-state index in [1.165, 1.54) is 29.3 Å². The lowest BCUT2D eigenvalue weighted by Crippen LogP contribution is -2.58. The van der Waals surface area contributed by atoms with Gasteiger partial charge in [0, 0.05) is 24.7 Å². The summed E-state index contributed by atoms with van der Waals surface area (Å²) in [5.74, 6) is -1.24. The highest BCUT2D eigenvalue weighted by atomic mass is 19.1. The molecule has 4 amide bonds. The summed E-state index contributed by atoms with van der Waals surface area (Å²) in [4.78, 5) is 59.8. The average molecular weight is 623 g/mol. The molecule has 1 aliphatic heterocycles. The Bertz CT molecular complexity index is 1270. The van der Waals surface area contributed by atoms with Gasteiger partial charge in [-0.2, -0.15) is 0 Å². The minimum absolute atomic E-state index is 0.100. The van der Waals surface area contributed by atoms with Crippen molar-refractivity contribution >= 4 is 24.1 Å². The summed E-state index contributed by atoms with van der Waals surface area (Å²) in [5.41, 5.74) is 0.737. The van der Waals surface area contributed by atoms with E-state index >= 15 is 0 Å². The lowest BCUT2D eigenvalue weighted by Gasteiger charge is -2.39. The molecule has 244 valence electrons. The number of nitrogens with one attached hydrogen (secondary N) is 2. The van der Waals surface area contributed by atoms with Gasteiger partial charge in [-0.25, -0.2) is 9.45 Å². The van der Waals surface area contributed by atoms with Crippen LogP contribution in [0.1, 0.15) is 81.6 Å². The summed E-state index contributed by atoms with van der Waals surface area (Å²) in [7, 11) is 0. The van der Waals surface area contributed by atoms with Crippen LogP contribution in [0.4, 0.5) is 4.39 Å². The summed E-state index contributed by atoms with van der Waals surface area (Å²) < 4.78 is 13.2. The Labute approximate surface area is 265 Å². The highest BCUT2D eigenvalue weighted by Crippen LogP contribution is 2.31. The standard InChI is InChI=1S/C35H47FN4O5/c1-35(2,3)31(34(44)39-19-17-30(18-20-39)37-32(42)27-13-15-29(36)16-14-27)38-33(43)28(21-25-9-7-8-10-25)22-40(24-41)45-23-26-11-5-4-6-12-26/h4-6,11-16,24-25,28,30-31H,7-10,17-23H2,1-3H3,(H,37,42)(H,38,43)/t28-,31-/m1/s1. The molecule has 1 saturated carbocycles. The zero-order valence-electron chi connectivity index (χ0n) is 26.7. The van der Waals surface area contributed by atoms with E-state index in [2.05, 4.69) is 10.6 Å². The molecule has 2 fully saturated rings. The van der Waals surface area contributed by atoms with E-state index in [4.69, 9.17) is 4.84 Å². The first kappa shape index (κ1) is 34.1. The Morgan fingerprint density at radius 1 is 1.00 bits per heavy atom. The van der Waals surface area contributed by atoms with Crippen LogP contribution in [-0.2, 0) is 25.8 Å². The second-order valence-corrected chi connectivity index (χ2v) is 13.4. The van der Waals surface area contributed by atoms with Crippen LogP contribution in [0.2, 0.25) is 0 Å². The molecule has 2 N–H and O–H groups in total. The molecule has 45 heavy (non-hydrogen) atoms. The third-order valence-electron chi connectivity index (χ3n) is 8.87. The van der Waals surface area contributed by atoms with Gasteiger partial charge in [-0.3, -0.25) is 24.0 Å². The van der Waals surface area contributed by atoms with Gasteiger partial charge in [-0.05, 0) is 60.4 Å². The van der Waals surface area contributed by atoms with E-state index < -0.39 is 23.2 Å². The number of hydroxylamine groups is 2. The highest BCUT2D eigenvalue weighted by molar-refractivity contribution is 5.94. The zero-order chi connectivity index (χ0) is 32.4. The number of likely N-dealkylation sites (tertiary alicyclic amines) is 1. The number of rotatable bonds is 13. The number of piperidine rings is 1. The number of benzene rings is 2. The summed E-state index contributed by atoms with van der Waals surface area (Å²) in [5, 5.41) is 7.26. The molecular weight excluding hydrogens is 575 g/mol. The molecule has 4 rings (SSSR count).